The van der Waals surface area contributed by atoms with Gasteiger partial charge in [-0.25, -0.2) is 18.1 Å². The summed E-state index contributed by atoms with van der Waals surface area (Å²) < 4.78 is 41.2. The van der Waals surface area contributed by atoms with Crippen LogP contribution in [0.25, 0.3) is 11.0 Å². The predicted octanol–water partition coefficient (Wildman–Crippen LogP) is 6.67. The third kappa shape index (κ3) is 9.39. The van der Waals surface area contributed by atoms with Crippen LogP contribution >= 0.6 is 11.3 Å². The Morgan fingerprint density at radius 2 is 1.78 bits per heavy atom. The van der Waals surface area contributed by atoms with E-state index < -0.39 is 31.4 Å². The van der Waals surface area contributed by atoms with E-state index in [1.807, 2.05) is 40.6 Å². The molecular weight excluding hydrogens is 845 g/mol. The summed E-state index contributed by atoms with van der Waals surface area (Å²) in [5, 5.41) is 17.9. The summed E-state index contributed by atoms with van der Waals surface area (Å²) in [5.41, 5.74) is 3.54. The number of piperazine rings is 1. The Labute approximate surface area is 368 Å². The van der Waals surface area contributed by atoms with Crippen LogP contribution in [0.3, 0.4) is 0 Å². The van der Waals surface area contributed by atoms with Gasteiger partial charge in [-0.1, -0.05) is 30.3 Å². The quantitative estimate of drug-likeness (QED) is 0.0826. The average Bonchev–Trinajstić information content (AvgIpc) is 4.02. The highest BCUT2D eigenvalue weighted by Gasteiger charge is 2.33. The number of nitro groups is 1. The molecular formula is C45H46N8O8S2. The van der Waals surface area contributed by atoms with Crippen molar-refractivity contribution in [2.75, 3.05) is 62.7 Å². The fourth-order valence-corrected chi connectivity index (χ4v) is 10.2. The highest BCUT2D eigenvalue weighted by Crippen LogP contribution is 2.34. The molecule has 63 heavy (non-hydrogen) atoms. The van der Waals surface area contributed by atoms with Crippen molar-refractivity contribution in [3.8, 4) is 11.5 Å². The number of nitrogens with one attached hydrogen (secondary N) is 3. The van der Waals surface area contributed by atoms with Crippen LogP contribution in [0.1, 0.15) is 44.0 Å². The van der Waals surface area contributed by atoms with Crippen LogP contribution in [0.4, 0.5) is 17.1 Å². The maximum atomic E-state index is 13.9. The number of nitro benzene ring substituents is 1. The summed E-state index contributed by atoms with van der Waals surface area (Å²) in [5.74, 6) is -0.234. The minimum Gasteiger partial charge on any atom is -0.455 e. The number of carbonyl (C=O) groups is 2. The van der Waals surface area contributed by atoms with Crippen LogP contribution in [0.5, 0.6) is 11.5 Å². The lowest BCUT2D eigenvalue weighted by molar-refractivity contribution is -0.384. The number of nitrogens with zero attached hydrogens (tertiary/aromatic N) is 5. The molecule has 1 atom stereocenters. The van der Waals surface area contributed by atoms with Crippen LogP contribution in [0.2, 0.25) is 0 Å². The Morgan fingerprint density at radius 1 is 0.968 bits per heavy atom. The van der Waals surface area contributed by atoms with Crippen molar-refractivity contribution in [2.24, 2.45) is 5.92 Å². The molecule has 6 heterocycles. The SMILES string of the molecule is O=C(NS(=O)(=O)c1ccc(NCC2CCOCC2)c([N+](=O)[O-])c1)c1ccc(N2CCN(C[C@@H]3Cc4ccccc4CN3C(=O)c3cccs3)CC2)cc1Oc1cnc2[nH]ccc2c1. The van der Waals surface area contributed by atoms with Gasteiger partial charge in [0.25, 0.3) is 27.5 Å². The molecule has 9 rings (SSSR count). The van der Waals surface area contributed by atoms with Gasteiger partial charge in [-0.15, -0.1) is 11.3 Å². The number of fused-ring (bicyclic) bond motifs is 2. The summed E-state index contributed by atoms with van der Waals surface area (Å²) in [6.45, 7) is 5.74. The van der Waals surface area contributed by atoms with Gasteiger partial charge in [0.15, 0.2) is 0 Å². The minimum atomic E-state index is -4.57. The number of rotatable bonds is 13. The van der Waals surface area contributed by atoms with Crippen LogP contribution in [-0.4, -0.2) is 103 Å². The first-order valence-electron chi connectivity index (χ1n) is 20.9. The van der Waals surface area contributed by atoms with E-state index in [1.165, 1.54) is 46.9 Å². The fourth-order valence-electron chi connectivity index (χ4n) is 8.52. The summed E-state index contributed by atoms with van der Waals surface area (Å²) >= 11 is 1.46. The third-order valence-electron chi connectivity index (χ3n) is 12.0. The summed E-state index contributed by atoms with van der Waals surface area (Å²) in [6.07, 6.45) is 5.66. The normalized spacial score (nSPS) is 17.3. The molecule has 3 aliphatic rings. The van der Waals surface area contributed by atoms with Gasteiger partial charge in [0.1, 0.15) is 22.8 Å². The minimum absolute atomic E-state index is 0.00370. The Bertz CT molecular complexity index is 2750. The smallest absolute Gasteiger partial charge is 0.293 e. The Morgan fingerprint density at radius 3 is 2.56 bits per heavy atom. The van der Waals surface area contributed by atoms with Crippen molar-refractivity contribution in [1.82, 2.24) is 24.5 Å². The number of amides is 2. The second-order valence-corrected chi connectivity index (χ2v) is 18.6. The molecule has 2 fully saturated rings. The number of aromatic amines is 1. The number of carbonyl (C=O) groups excluding carboxylic acids is 2. The largest absolute Gasteiger partial charge is 0.455 e. The zero-order valence-corrected chi connectivity index (χ0v) is 35.9. The Hall–Kier alpha value is -6.34. The van der Waals surface area contributed by atoms with E-state index in [9.17, 15) is 28.1 Å². The third-order valence-corrected chi connectivity index (χ3v) is 14.2. The highest BCUT2D eigenvalue weighted by atomic mass is 32.2. The lowest BCUT2D eigenvalue weighted by Crippen LogP contribution is -2.54. The van der Waals surface area contributed by atoms with E-state index in [0.29, 0.717) is 57.3 Å². The summed E-state index contributed by atoms with van der Waals surface area (Å²) in [6, 6.07) is 24.2. The van der Waals surface area contributed by atoms with Gasteiger partial charge in [0, 0.05) is 94.5 Å². The molecule has 0 radical (unpaired) electrons. The van der Waals surface area contributed by atoms with Crippen LogP contribution in [0.15, 0.2) is 108 Å². The van der Waals surface area contributed by atoms with Crippen LogP contribution in [0, 0.1) is 16.0 Å². The molecule has 18 heteroatoms. The zero-order chi connectivity index (χ0) is 43.5. The predicted molar refractivity (Wildman–Crippen MR) is 239 cm³/mol. The molecule has 2 amide bonds. The molecule has 0 bridgehead atoms. The maximum absolute atomic E-state index is 13.9. The number of sulfonamides is 1. The molecule has 2 saturated heterocycles. The van der Waals surface area contributed by atoms with Gasteiger partial charge in [-0.3, -0.25) is 24.6 Å². The molecule has 3 aromatic heterocycles. The molecule has 0 saturated carbocycles. The average molecular weight is 891 g/mol. The van der Waals surface area contributed by atoms with Crippen molar-refractivity contribution in [3.63, 3.8) is 0 Å². The van der Waals surface area contributed by atoms with Gasteiger partial charge >= 0.3 is 0 Å². The van der Waals surface area contributed by atoms with E-state index in [1.54, 1.807) is 24.4 Å². The highest BCUT2D eigenvalue weighted by molar-refractivity contribution is 7.90. The van der Waals surface area contributed by atoms with Crippen molar-refractivity contribution >= 4 is 61.3 Å². The number of aromatic nitrogens is 2. The molecule has 16 nitrogen and oxygen atoms in total. The Kier molecular flexibility index (Phi) is 12.1. The number of hydrogen-bond donors (Lipinski definition) is 3. The van der Waals surface area contributed by atoms with Crippen LogP contribution in [-0.2, 0) is 27.7 Å². The van der Waals surface area contributed by atoms with Crippen molar-refractivity contribution < 1.29 is 32.4 Å². The number of ether oxygens (including phenoxy) is 2. The number of pyridine rings is 1. The zero-order valence-electron chi connectivity index (χ0n) is 34.3. The van der Waals surface area contributed by atoms with Crippen molar-refractivity contribution in [2.45, 2.75) is 36.7 Å². The van der Waals surface area contributed by atoms with E-state index in [4.69, 9.17) is 9.47 Å². The topological polar surface area (TPSA) is 192 Å². The first-order valence-corrected chi connectivity index (χ1v) is 23.2. The molecule has 326 valence electrons. The van der Waals surface area contributed by atoms with Gasteiger partial charge in [0.05, 0.1) is 26.5 Å². The number of anilines is 2. The molecule has 3 aromatic carbocycles. The van der Waals surface area contributed by atoms with Crippen LogP contribution < -0.4 is 19.7 Å². The lowest BCUT2D eigenvalue weighted by Gasteiger charge is -2.42. The summed E-state index contributed by atoms with van der Waals surface area (Å²) in [4.78, 5) is 53.4. The van der Waals surface area contributed by atoms with E-state index in [2.05, 4.69) is 41.9 Å². The number of hydrogen-bond acceptors (Lipinski definition) is 13. The molecule has 6 aromatic rings. The standard InChI is InChI=1S/C45H46N8O8S2/c54-44(49-63(58,59)37-8-10-39(40(25-37)53(56)57)47-26-30-12-19-60-20-13-30)38-9-7-34(24-41(38)61-36-23-32-11-14-46-43(32)48-27-36)51-17-15-50(16-18-51)29-35-22-31-4-1-2-5-33(31)28-52(35)45(55)42-6-3-21-62-42/h1-11,14,21,23-25,27,30,35,47H,12-13,15-20,22,26,28-29H2,(H,46,48)(H,49,54)/t35-/m0/s1. The first-order chi connectivity index (χ1) is 30.6. The molecule has 0 unspecified atom stereocenters. The van der Waals surface area contributed by atoms with Gasteiger partial charge in [-0.05, 0) is 84.2 Å². The summed E-state index contributed by atoms with van der Waals surface area (Å²) in [7, 11) is -4.57. The molecule has 3 aliphatic heterocycles. The molecule has 3 N–H and O–H groups in total. The monoisotopic (exact) mass is 890 g/mol. The number of benzene rings is 3. The van der Waals surface area contributed by atoms with Gasteiger partial charge in [0.2, 0.25) is 0 Å². The number of H-pyrrole nitrogens is 1. The first kappa shape index (κ1) is 42.0. The lowest BCUT2D eigenvalue weighted by atomic mass is 9.93. The van der Waals surface area contributed by atoms with E-state index in [-0.39, 0.29) is 34.9 Å². The number of thiophene rings is 1. The maximum Gasteiger partial charge on any atom is 0.293 e. The fraction of sp³-hybridized carbons (Fsp3) is 0.311. The Balaban J connectivity index is 0.920. The van der Waals surface area contributed by atoms with Gasteiger partial charge in [-0.2, -0.15) is 0 Å². The van der Waals surface area contributed by atoms with Crippen molar-refractivity contribution in [1.29, 1.82) is 0 Å². The molecule has 0 spiro atoms. The molecule has 0 aliphatic carbocycles. The van der Waals surface area contributed by atoms with E-state index >= 15 is 0 Å². The van der Waals surface area contributed by atoms with Gasteiger partial charge < -0.3 is 29.6 Å². The second-order valence-electron chi connectivity index (χ2n) is 16.0. The van der Waals surface area contributed by atoms with Crippen molar-refractivity contribution in [3.05, 3.63) is 134 Å². The van der Waals surface area contributed by atoms with E-state index in [0.717, 1.165) is 54.4 Å². The second kappa shape index (κ2) is 18.2.